The minimum Gasteiger partial charge on any atom is -0.315 e. The predicted octanol–water partition coefficient (Wildman–Crippen LogP) is 4.73. The normalized spacial score (nSPS) is 12.1. The van der Waals surface area contributed by atoms with Crippen LogP contribution in [0, 0.1) is 20.8 Å². The Hall–Kier alpha value is -1.85. The zero-order chi connectivity index (χ0) is 18.0. The van der Waals surface area contributed by atoms with Crippen LogP contribution >= 0.6 is 23.1 Å². The van der Waals surface area contributed by atoms with Gasteiger partial charge >= 0.3 is 0 Å². The summed E-state index contributed by atoms with van der Waals surface area (Å²) in [5.41, 5.74) is 5.41. The van der Waals surface area contributed by atoms with Crippen LogP contribution in [0.15, 0.2) is 41.4 Å². The maximum atomic E-state index is 12.6. The molecule has 3 aromatic rings. The number of carbonyl (C=O) groups excluding carboxylic acids is 1. The van der Waals surface area contributed by atoms with Crippen LogP contribution in [0.2, 0.25) is 0 Å². The first kappa shape index (κ1) is 18.0. The first-order chi connectivity index (χ1) is 12.0. The van der Waals surface area contributed by atoms with Crippen LogP contribution in [0.1, 0.15) is 27.0 Å². The van der Waals surface area contributed by atoms with E-state index in [2.05, 4.69) is 41.8 Å². The van der Waals surface area contributed by atoms with Gasteiger partial charge in [0.05, 0.1) is 10.2 Å². The Labute approximate surface area is 156 Å². The summed E-state index contributed by atoms with van der Waals surface area (Å²) in [5.74, 6) is 0.809. The highest BCUT2D eigenvalue weighted by Gasteiger charge is 2.11. The molecular weight excluding hydrogens is 348 g/mol. The van der Waals surface area contributed by atoms with Gasteiger partial charge in [-0.2, -0.15) is 16.8 Å². The Morgan fingerprint density at radius 2 is 1.84 bits per heavy atom. The molecule has 1 aromatic heterocycles. The summed E-state index contributed by atoms with van der Waals surface area (Å²) < 4.78 is 3.39. The van der Waals surface area contributed by atoms with E-state index in [1.165, 1.54) is 21.3 Å². The molecule has 130 valence electrons. The number of rotatable bonds is 4. The van der Waals surface area contributed by atoms with E-state index in [4.69, 9.17) is 0 Å². The van der Waals surface area contributed by atoms with Crippen molar-refractivity contribution in [1.29, 1.82) is 0 Å². The van der Waals surface area contributed by atoms with Crippen molar-refractivity contribution >= 4 is 39.2 Å². The molecule has 0 saturated heterocycles. The standard InChI is InChI=1S/C20H22N2OS2/c1-13-5-7-16(8-6-13)19(23)21-20-22(9-10-24-4)17-12-14(2)11-15(3)18(17)25-20/h5-8,11-12H,9-10H2,1-4H3. The topological polar surface area (TPSA) is 34.4 Å². The lowest BCUT2D eigenvalue weighted by Gasteiger charge is -2.05. The number of hydrogen-bond donors (Lipinski definition) is 0. The summed E-state index contributed by atoms with van der Waals surface area (Å²) in [6.07, 6.45) is 2.10. The number of hydrogen-bond acceptors (Lipinski definition) is 3. The highest BCUT2D eigenvalue weighted by Crippen LogP contribution is 2.23. The molecule has 25 heavy (non-hydrogen) atoms. The van der Waals surface area contributed by atoms with Crippen LogP contribution in [0.3, 0.4) is 0 Å². The van der Waals surface area contributed by atoms with Gasteiger partial charge in [0.15, 0.2) is 4.80 Å². The van der Waals surface area contributed by atoms with E-state index in [9.17, 15) is 4.79 Å². The van der Waals surface area contributed by atoms with Crippen molar-refractivity contribution < 1.29 is 4.79 Å². The molecular formula is C20H22N2OS2. The number of fused-ring (bicyclic) bond motifs is 1. The highest BCUT2D eigenvalue weighted by atomic mass is 32.2. The Morgan fingerprint density at radius 1 is 1.12 bits per heavy atom. The Morgan fingerprint density at radius 3 is 2.52 bits per heavy atom. The first-order valence-corrected chi connectivity index (χ1v) is 10.5. The van der Waals surface area contributed by atoms with Gasteiger partial charge in [0.25, 0.3) is 5.91 Å². The van der Waals surface area contributed by atoms with Gasteiger partial charge in [-0.1, -0.05) is 35.1 Å². The minimum atomic E-state index is -0.182. The molecule has 0 bridgehead atoms. The van der Waals surface area contributed by atoms with E-state index in [0.29, 0.717) is 5.56 Å². The first-order valence-electron chi connectivity index (χ1n) is 8.25. The summed E-state index contributed by atoms with van der Waals surface area (Å²) in [6.45, 7) is 7.09. The van der Waals surface area contributed by atoms with E-state index in [1.54, 1.807) is 23.1 Å². The zero-order valence-electron chi connectivity index (χ0n) is 15.0. The number of amides is 1. The second kappa shape index (κ2) is 7.58. The fraction of sp³-hybridized carbons (Fsp3) is 0.300. The third kappa shape index (κ3) is 3.88. The number of benzene rings is 2. The van der Waals surface area contributed by atoms with Gasteiger partial charge in [0.2, 0.25) is 0 Å². The minimum absolute atomic E-state index is 0.182. The van der Waals surface area contributed by atoms with E-state index < -0.39 is 0 Å². The van der Waals surface area contributed by atoms with Gasteiger partial charge in [-0.3, -0.25) is 4.79 Å². The molecule has 5 heteroatoms. The zero-order valence-corrected chi connectivity index (χ0v) is 16.6. The van der Waals surface area contributed by atoms with Crippen LogP contribution in [-0.2, 0) is 6.54 Å². The third-order valence-corrected chi connectivity index (χ3v) is 5.95. The molecule has 0 radical (unpaired) electrons. The maximum Gasteiger partial charge on any atom is 0.279 e. The van der Waals surface area contributed by atoms with Crippen LogP contribution in [0.5, 0.6) is 0 Å². The van der Waals surface area contributed by atoms with Gasteiger partial charge < -0.3 is 4.57 Å². The molecule has 0 saturated carbocycles. The number of aromatic nitrogens is 1. The lowest BCUT2D eigenvalue weighted by Crippen LogP contribution is -2.18. The molecule has 1 heterocycles. The van der Waals surface area contributed by atoms with E-state index in [-0.39, 0.29) is 5.91 Å². The number of aryl methyl sites for hydroxylation is 4. The maximum absolute atomic E-state index is 12.6. The van der Waals surface area contributed by atoms with Crippen molar-refractivity contribution in [3.8, 4) is 0 Å². The fourth-order valence-electron chi connectivity index (χ4n) is 2.84. The quantitative estimate of drug-likeness (QED) is 0.665. The van der Waals surface area contributed by atoms with E-state index in [1.807, 2.05) is 31.2 Å². The van der Waals surface area contributed by atoms with Crippen LogP contribution in [0.25, 0.3) is 10.2 Å². The molecule has 3 nitrogen and oxygen atoms in total. The highest BCUT2D eigenvalue weighted by molar-refractivity contribution is 7.98. The lowest BCUT2D eigenvalue weighted by molar-refractivity contribution is 0.0998. The molecule has 1 amide bonds. The van der Waals surface area contributed by atoms with Crippen LogP contribution < -0.4 is 4.80 Å². The smallest absolute Gasteiger partial charge is 0.279 e. The molecule has 3 rings (SSSR count). The number of carbonyl (C=O) groups is 1. The number of nitrogens with zero attached hydrogens (tertiary/aromatic N) is 2. The average molecular weight is 371 g/mol. The molecule has 0 aliphatic carbocycles. The lowest BCUT2D eigenvalue weighted by atomic mass is 10.1. The van der Waals surface area contributed by atoms with Crippen molar-refractivity contribution in [2.24, 2.45) is 4.99 Å². The molecule has 0 fully saturated rings. The predicted molar refractivity (Wildman–Crippen MR) is 109 cm³/mol. The Bertz CT molecular complexity index is 981. The Kier molecular flexibility index (Phi) is 5.45. The van der Waals surface area contributed by atoms with Gasteiger partial charge in [-0.15, -0.1) is 0 Å². The molecule has 0 aliphatic rings. The monoisotopic (exact) mass is 370 g/mol. The van der Waals surface area contributed by atoms with Gasteiger partial charge in [0.1, 0.15) is 0 Å². The van der Waals surface area contributed by atoms with E-state index in [0.717, 1.165) is 22.7 Å². The van der Waals surface area contributed by atoms with Crippen molar-refractivity contribution in [3.63, 3.8) is 0 Å². The average Bonchev–Trinajstić information content (AvgIpc) is 2.91. The van der Waals surface area contributed by atoms with Gasteiger partial charge in [-0.25, -0.2) is 0 Å². The van der Waals surface area contributed by atoms with Crippen molar-refractivity contribution in [2.75, 3.05) is 12.0 Å². The molecule has 0 spiro atoms. The van der Waals surface area contributed by atoms with E-state index >= 15 is 0 Å². The van der Waals surface area contributed by atoms with Crippen LogP contribution in [0.4, 0.5) is 0 Å². The summed E-state index contributed by atoms with van der Waals surface area (Å²) >= 11 is 3.40. The SMILES string of the molecule is CSCCn1c(=NC(=O)c2ccc(C)cc2)sc2c(C)cc(C)cc21. The van der Waals surface area contributed by atoms with Crippen LogP contribution in [-0.4, -0.2) is 22.5 Å². The summed E-state index contributed by atoms with van der Waals surface area (Å²) in [6, 6.07) is 12.0. The number of thiazole rings is 1. The summed E-state index contributed by atoms with van der Waals surface area (Å²) in [7, 11) is 0. The van der Waals surface area contributed by atoms with Gasteiger partial charge in [0, 0.05) is 17.9 Å². The Balaban J connectivity index is 2.15. The summed E-state index contributed by atoms with van der Waals surface area (Å²) in [5, 5.41) is 0. The van der Waals surface area contributed by atoms with Gasteiger partial charge in [-0.05, 0) is 56.4 Å². The second-order valence-corrected chi connectivity index (χ2v) is 8.21. The molecule has 0 atom stereocenters. The molecule has 0 N–H and O–H groups in total. The molecule has 2 aromatic carbocycles. The largest absolute Gasteiger partial charge is 0.315 e. The molecule has 0 aliphatic heterocycles. The second-order valence-electron chi connectivity index (χ2n) is 6.24. The fourth-order valence-corrected chi connectivity index (χ4v) is 4.31. The molecule has 0 unspecified atom stereocenters. The van der Waals surface area contributed by atoms with Crippen molar-refractivity contribution in [2.45, 2.75) is 27.3 Å². The van der Waals surface area contributed by atoms with Crippen molar-refractivity contribution in [1.82, 2.24) is 4.57 Å². The van der Waals surface area contributed by atoms with Crippen molar-refractivity contribution in [3.05, 3.63) is 63.5 Å². The number of thioether (sulfide) groups is 1. The third-order valence-electron chi connectivity index (χ3n) is 4.13. The summed E-state index contributed by atoms with van der Waals surface area (Å²) in [4.78, 5) is 17.8.